The van der Waals surface area contributed by atoms with Crippen LogP contribution in [0.25, 0.3) is 23.0 Å². The minimum atomic E-state index is 0.316. The van der Waals surface area contributed by atoms with Gasteiger partial charge in [-0.15, -0.1) is 0 Å². The predicted octanol–water partition coefficient (Wildman–Crippen LogP) is 2.07. The molecular weight excluding hydrogens is 242 g/mol. The van der Waals surface area contributed by atoms with Gasteiger partial charge < -0.3 is 4.52 Å². The topological polar surface area (TPSA) is 88.5 Å². The van der Waals surface area contributed by atoms with Gasteiger partial charge in [0.05, 0.1) is 5.56 Å². The molecule has 90 valence electrons. The Morgan fingerprint density at radius 3 is 2.63 bits per heavy atom. The molecule has 0 bridgehead atoms. The maximum atomic E-state index is 8.70. The minimum Gasteiger partial charge on any atom is -0.332 e. The number of hydrogen-bond acceptors (Lipinski definition) is 6. The van der Waals surface area contributed by atoms with Gasteiger partial charge in [0.25, 0.3) is 5.89 Å². The van der Waals surface area contributed by atoms with Crippen LogP contribution in [-0.2, 0) is 0 Å². The molecule has 0 saturated heterocycles. The number of hydrogen-bond donors (Lipinski definition) is 0. The first-order valence-corrected chi connectivity index (χ1v) is 5.47. The molecule has 0 spiro atoms. The lowest BCUT2D eigenvalue weighted by Gasteiger charge is -1.92. The Morgan fingerprint density at radius 2 is 1.95 bits per heavy atom. The van der Waals surface area contributed by atoms with E-state index >= 15 is 0 Å². The van der Waals surface area contributed by atoms with E-state index in [4.69, 9.17) is 9.78 Å². The molecule has 0 aliphatic heterocycles. The van der Waals surface area contributed by atoms with Crippen LogP contribution in [0.4, 0.5) is 0 Å². The summed E-state index contributed by atoms with van der Waals surface area (Å²) in [5.41, 5.74) is 1.84. The molecule has 0 unspecified atom stereocenters. The molecule has 0 saturated carbocycles. The van der Waals surface area contributed by atoms with Crippen molar-refractivity contribution in [1.82, 2.24) is 20.1 Å². The highest BCUT2D eigenvalue weighted by atomic mass is 16.5. The van der Waals surface area contributed by atoms with E-state index in [1.807, 2.05) is 6.07 Å². The Bertz CT molecular complexity index is 728. The number of pyridine rings is 2. The van der Waals surface area contributed by atoms with Gasteiger partial charge in [-0.05, 0) is 24.3 Å². The van der Waals surface area contributed by atoms with Crippen molar-refractivity contribution in [2.24, 2.45) is 0 Å². The average Bonchev–Trinajstić information content (AvgIpc) is 2.98. The fourth-order valence-corrected chi connectivity index (χ4v) is 1.53. The molecule has 0 atom stereocenters. The molecule has 0 aliphatic rings. The maximum absolute atomic E-state index is 8.70. The van der Waals surface area contributed by atoms with Crippen LogP contribution in [0.2, 0.25) is 0 Å². The Labute approximate surface area is 108 Å². The van der Waals surface area contributed by atoms with Crippen LogP contribution in [0.3, 0.4) is 0 Å². The Kier molecular flexibility index (Phi) is 2.71. The van der Waals surface area contributed by atoms with Gasteiger partial charge in [-0.1, -0.05) is 5.16 Å². The standard InChI is InChI=1S/C13H7N5O/c14-7-9-1-2-11(16-8-9)13-17-12(18-19-13)10-3-5-15-6-4-10/h1-6,8H. The second-order valence-corrected chi connectivity index (χ2v) is 3.70. The Hall–Kier alpha value is -3.07. The largest absolute Gasteiger partial charge is 0.332 e. The smallest absolute Gasteiger partial charge is 0.276 e. The van der Waals surface area contributed by atoms with Gasteiger partial charge in [0.2, 0.25) is 5.82 Å². The van der Waals surface area contributed by atoms with Gasteiger partial charge in [-0.3, -0.25) is 4.98 Å². The molecule has 6 heteroatoms. The van der Waals surface area contributed by atoms with Gasteiger partial charge in [0, 0.05) is 24.2 Å². The zero-order valence-corrected chi connectivity index (χ0v) is 9.69. The van der Waals surface area contributed by atoms with Gasteiger partial charge in [0.15, 0.2) is 0 Å². The summed E-state index contributed by atoms with van der Waals surface area (Å²) < 4.78 is 5.15. The molecule has 0 amide bonds. The molecule has 6 nitrogen and oxygen atoms in total. The predicted molar refractivity (Wildman–Crippen MR) is 65.5 cm³/mol. The van der Waals surface area contributed by atoms with Crippen molar-refractivity contribution in [3.63, 3.8) is 0 Å². The van der Waals surface area contributed by atoms with E-state index in [2.05, 4.69) is 20.1 Å². The molecule has 3 aromatic heterocycles. The van der Waals surface area contributed by atoms with Crippen LogP contribution in [0.15, 0.2) is 47.4 Å². The van der Waals surface area contributed by atoms with E-state index in [-0.39, 0.29) is 0 Å². The molecule has 0 aliphatic carbocycles. The highest BCUT2D eigenvalue weighted by molar-refractivity contribution is 5.57. The first kappa shape index (κ1) is 11.0. The van der Waals surface area contributed by atoms with Crippen molar-refractivity contribution < 1.29 is 4.52 Å². The summed E-state index contributed by atoms with van der Waals surface area (Å²) in [6.07, 6.45) is 4.78. The number of nitrogens with zero attached hydrogens (tertiary/aromatic N) is 5. The monoisotopic (exact) mass is 249 g/mol. The zero-order valence-electron chi connectivity index (χ0n) is 9.69. The summed E-state index contributed by atoms with van der Waals surface area (Å²) in [6.45, 7) is 0. The van der Waals surface area contributed by atoms with E-state index in [0.717, 1.165) is 5.56 Å². The Morgan fingerprint density at radius 1 is 1.11 bits per heavy atom. The quantitative estimate of drug-likeness (QED) is 0.690. The lowest BCUT2D eigenvalue weighted by molar-refractivity contribution is 0.431. The van der Waals surface area contributed by atoms with Crippen molar-refractivity contribution in [2.45, 2.75) is 0 Å². The van der Waals surface area contributed by atoms with Crippen LogP contribution in [0.1, 0.15) is 5.56 Å². The fraction of sp³-hybridized carbons (Fsp3) is 0. The molecule has 0 N–H and O–H groups in total. The third-order valence-corrected chi connectivity index (χ3v) is 2.48. The van der Waals surface area contributed by atoms with Crippen molar-refractivity contribution >= 4 is 0 Å². The molecule has 0 aromatic carbocycles. The van der Waals surface area contributed by atoms with E-state index in [9.17, 15) is 0 Å². The second kappa shape index (κ2) is 4.66. The van der Waals surface area contributed by atoms with Crippen LogP contribution in [0.5, 0.6) is 0 Å². The summed E-state index contributed by atoms with van der Waals surface area (Å²) in [5.74, 6) is 0.792. The van der Waals surface area contributed by atoms with Gasteiger partial charge in [-0.25, -0.2) is 4.98 Å². The van der Waals surface area contributed by atoms with E-state index < -0.39 is 0 Å². The van der Waals surface area contributed by atoms with Crippen LogP contribution >= 0.6 is 0 Å². The Balaban J connectivity index is 1.95. The minimum absolute atomic E-state index is 0.316. The van der Waals surface area contributed by atoms with Crippen LogP contribution in [-0.4, -0.2) is 20.1 Å². The lowest BCUT2D eigenvalue weighted by atomic mass is 10.2. The van der Waals surface area contributed by atoms with Crippen molar-refractivity contribution in [3.05, 3.63) is 48.4 Å². The highest BCUT2D eigenvalue weighted by Crippen LogP contribution is 2.20. The molecule has 0 radical (unpaired) electrons. The summed E-state index contributed by atoms with van der Waals surface area (Å²) in [5, 5.41) is 12.6. The SMILES string of the molecule is N#Cc1ccc(-c2nc(-c3ccncc3)no2)nc1. The number of nitriles is 1. The van der Waals surface area contributed by atoms with Crippen molar-refractivity contribution in [3.8, 4) is 29.0 Å². The lowest BCUT2D eigenvalue weighted by Crippen LogP contribution is -1.85. The first-order valence-electron chi connectivity index (χ1n) is 5.47. The highest BCUT2D eigenvalue weighted by Gasteiger charge is 2.11. The number of rotatable bonds is 2. The summed E-state index contributed by atoms with van der Waals surface area (Å²) in [7, 11) is 0. The molecule has 19 heavy (non-hydrogen) atoms. The third kappa shape index (κ3) is 2.17. The van der Waals surface area contributed by atoms with Crippen molar-refractivity contribution in [1.29, 1.82) is 5.26 Å². The summed E-state index contributed by atoms with van der Waals surface area (Å²) in [6, 6.07) is 8.91. The first-order chi connectivity index (χ1) is 9.36. The number of aromatic nitrogens is 4. The normalized spacial score (nSPS) is 10.1. The van der Waals surface area contributed by atoms with Gasteiger partial charge in [0.1, 0.15) is 11.8 Å². The zero-order chi connectivity index (χ0) is 13.1. The molecule has 3 aromatic rings. The second-order valence-electron chi connectivity index (χ2n) is 3.70. The summed E-state index contributed by atoms with van der Waals surface area (Å²) in [4.78, 5) is 12.3. The summed E-state index contributed by atoms with van der Waals surface area (Å²) >= 11 is 0. The molecular formula is C13H7N5O. The van der Waals surface area contributed by atoms with Gasteiger partial charge >= 0.3 is 0 Å². The third-order valence-electron chi connectivity index (χ3n) is 2.48. The van der Waals surface area contributed by atoms with E-state index in [1.54, 1.807) is 36.7 Å². The van der Waals surface area contributed by atoms with E-state index in [1.165, 1.54) is 6.20 Å². The molecule has 0 fully saturated rings. The molecule has 3 heterocycles. The average molecular weight is 249 g/mol. The van der Waals surface area contributed by atoms with Gasteiger partial charge in [-0.2, -0.15) is 10.2 Å². The van der Waals surface area contributed by atoms with E-state index in [0.29, 0.717) is 23.0 Å². The maximum Gasteiger partial charge on any atom is 0.276 e. The fourth-order valence-electron chi connectivity index (χ4n) is 1.53. The molecule has 3 rings (SSSR count). The van der Waals surface area contributed by atoms with Crippen molar-refractivity contribution in [2.75, 3.05) is 0 Å². The van der Waals surface area contributed by atoms with Crippen LogP contribution < -0.4 is 0 Å². The van der Waals surface area contributed by atoms with Crippen LogP contribution in [0, 0.1) is 11.3 Å².